The van der Waals surface area contributed by atoms with Crippen molar-refractivity contribution in [2.24, 2.45) is 0 Å². The second-order valence-electron chi connectivity index (χ2n) is 3.86. The summed E-state index contributed by atoms with van der Waals surface area (Å²) in [6, 6.07) is 7.68. The molecule has 1 aromatic carbocycles. The standard InChI is InChI=1S/C15H18O2/c1-3-4-5-6-7-10-14-11-8-9-12-15(14)17-13(2)16/h4,8-9,11-12H,1,5-7,10H2,2H3. The van der Waals surface area contributed by atoms with Crippen LogP contribution in [0.4, 0.5) is 0 Å². The molecule has 1 rings (SSSR count). The number of unbranched alkanes of at least 4 members (excludes halogenated alkanes) is 2. The molecule has 0 atom stereocenters. The van der Waals surface area contributed by atoms with Crippen molar-refractivity contribution in [2.75, 3.05) is 0 Å². The van der Waals surface area contributed by atoms with Gasteiger partial charge in [0, 0.05) is 6.92 Å². The van der Waals surface area contributed by atoms with E-state index in [1.165, 1.54) is 6.92 Å². The van der Waals surface area contributed by atoms with Crippen molar-refractivity contribution in [3.8, 4) is 5.75 Å². The number of rotatable bonds is 6. The molecule has 0 fully saturated rings. The number of aryl methyl sites for hydroxylation is 1. The van der Waals surface area contributed by atoms with Gasteiger partial charge in [-0.1, -0.05) is 24.8 Å². The third-order valence-electron chi connectivity index (χ3n) is 2.42. The van der Waals surface area contributed by atoms with Crippen LogP contribution in [0.25, 0.3) is 0 Å². The van der Waals surface area contributed by atoms with Gasteiger partial charge in [-0.15, -0.1) is 5.73 Å². The lowest BCUT2D eigenvalue weighted by Crippen LogP contribution is -2.03. The minimum Gasteiger partial charge on any atom is -0.426 e. The first-order chi connectivity index (χ1) is 8.24. The highest BCUT2D eigenvalue weighted by Crippen LogP contribution is 2.20. The van der Waals surface area contributed by atoms with Gasteiger partial charge in [-0.25, -0.2) is 0 Å². The SMILES string of the molecule is C=C=CCCCCc1ccccc1OC(C)=O. The number of carbonyl (C=O) groups excluding carboxylic acids is 1. The fraction of sp³-hybridized carbons (Fsp3) is 0.333. The van der Waals surface area contributed by atoms with E-state index >= 15 is 0 Å². The first kappa shape index (κ1) is 13.3. The normalized spacial score (nSPS) is 9.47. The van der Waals surface area contributed by atoms with E-state index in [1.54, 1.807) is 0 Å². The highest BCUT2D eigenvalue weighted by molar-refractivity contribution is 5.69. The van der Waals surface area contributed by atoms with Crippen LogP contribution in [0.1, 0.15) is 31.7 Å². The Morgan fingerprint density at radius 1 is 1.41 bits per heavy atom. The number of esters is 1. The lowest BCUT2D eigenvalue weighted by molar-refractivity contribution is -0.131. The van der Waals surface area contributed by atoms with E-state index in [4.69, 9.17) is 4.74 Å². The van der Waals surface area contributed by atoms with E-state index in [0.29, 0.717) is 5.75 Å². The topological polar surface area (TPSA) is 26.3 Å². The summed E-state index contributed by atoms with van der Waals surface area (Å²) in [7, 11) is 0. The van der Waals surface area contributed by atoms with Crippen LogP contribution in [0.15, 0.2) is 42.7 Å². The number of hydrogen-bond acceptors (Lipinski definition) is 2. The predicted molar refractivity (Wildman–Crippen MR) is 69.0 cm³/mol. The van der Waals surface area contributed by atoms with Crippen LogP contribution in [0.3, 0.4) is 0 Å². The van der Waals surface area contributed by atoms with Gasteiger partial charge < -0.3 is 4.74 Å². The molecule has 2 heteroatoms. The number of para-hydroxylation sites is 1. The van der Waals surface area contributed by atoms with Gasteiger partial charge >= 0.3 is 5.97 Å². The van der Waals surface area contributed by atoms with Gasteiger partial charge in [-0.3, -0.25) is 4.79 Å². The third-order valence-corrected chi connectivity index (χ3v) is 2.42. The van der Waals surface area contributed by atoms with Crippen molar-refractivity contribution in [3.05, 3.63) is 48.2 Å². The molecule has 0 bridgehead atoms. The van der Waals surface area contributed by atoms with E-state index in [2.05, 4.69) is 12.3 Å². The van der Waals surface area contributed by atoms with Crippen molar-refractivity contribution >= 4 is 5.97 Å². The Balaban J connectivity index is 2.51. The molecular weight excluding hydrogens is 212 g/mol. The van der Waals surface area contributed by atoms with Gasteiger partial charge in [0.05, 0.1) is 0 Å². The van der Waals surface area contributed by atoms with Crippen molar-refractivity contribution in [3.63, 3.8) is 0 Å². The molecule has 0 aliphatic carbocycles. The number of allylic oxidation sites excluding steroid dienone is 1. The van der Waals surface area contributed by atoms with Gasteiger partial charge in [-0.2, -0.15) is 0 Å². The highest BCUT2D eigenvalue weighted by Gasteiger charge is 2.04. The summed E-state index contributed by atoms with van der Waals surface area (Å²) in [5.74, 6) is 0.409. The molecule has 0 N–H and O–H groups in total. The van der Waals surface area contributed by atoms with Gasteiger partial charge in [-0.05, 0) is 43.4 Å². The van der Waals surface area contributed by atoms with E-state index in [9.17, 15) is 4.79 Å². The summed E-state index contributed by atoms with van der Waals surface area (Å²) < 4.78 is 5.15. The van der Waals surface area contributed by atoms with Crippen molar-refractivity contribution < 1.29 is 9.53 Å². The van der Waals surface area contributed by atoms with E-state index in [-0.39, 0.29) is 5.97 Å². The molecule has 0 aliphatic rings. The molecule has 0 aliphatic heterocycles. The maximum Gasteiger partial charge on any atom is 0.308 e. The predicted octanol–water partition coefficient (Wildman–Crippen LogP) is 3.67. The largest absolute Gasteiger partial charge is 0.426 e. The number of benzene rings is 1. The van der Waals surface area contributed by atoms with Crippen LogP contribution >= 0.6 is 0 Å². The van der Waals surface area contributed by atoms with Crippen molar-refractivity contribution in [1.82, 2.24) is 0 Å². The van der Waals surface area contributed by atoms with Gasteiger partial charge in [0.15, 0.2) is 0 Å². The van der Waals surface area contributed by atoms with Gasteiger partial charge in [0.25, 0.3) is 0 Å². The molecule has 0 saturated heterocycles. The molecule has 0 radical (unpaired) electrons. The maximum atomic E-state index is 10.9. The van der Waals surface area contributed by atoms with Crippen LogP contribution in [0, 0.1) is 0 Å². The first-order valence-corrected chi connectivity index (χ1v) is 5.84. The van der Waals surface area contributed by atoms with E-state index in [0.717, 1.165) is 31.2 Å². The summed E-state index contributed by atoms with van der Waals surface area (Å²) in [6.45, 7) is 4.95. The van der Waals surface area contributed by atoms with Crippen LogP contribution in [-0.2, 0) is 11.2 Å². The molecule has 90 valence electrons. The molecule has 17 heavy (non-hydrogen) atoms. The summed E-state index contributed by atoms with van der Waals surface area (Å²) in [5, 5.41) is 0. The van der Waals surface area contributed by atoms with E-state index in [1.807, 2.05) is 30.3 Å². The average molecular weight is 230 g/mol. The zero-order valence-corrected chi connectivity index (χ0v) is 10.2. The lowest BCUT2D eigenvalue weighted by atomic mass is 10.1. The number of ether oxygens (including phenoxy) is 1. The minimum absolute atomic E-state index is 0.271. The second kappa shape index (κ2) is 7.48. The Kier molecular flexibility index (Phi) is 5.84. The third kappa shape index (κ3) is 5.19. The molecule has 2 nitrogen and oxygen atoms in total. The van der Waals surface area contributed by atoms with Crippen molar-refractivity contribution in [1.29, 1.82) is 0 Å². The zero-order valence-electron chi connectivity index (χ0n) is 10.2. The van der Waals surface area contributed by atoms with Crippen LogP contribution in [0.5, 0.6) is 5.75 Å². The molecule has 0 amide bonds. The minimum atomic E-state index is -0.271. The second-order valence-corrected chi connectivity index (χ2v) is 3.86. The van der Waals surface area contributed by atoms with Gasteiger partial charge in [0.1, 0.15) is 5.75 Å². The van der Waals surface area contributed by atoms with Crippen molar-refractivity contribution in [2.45, 2.75) is 32.6 Å². The van der Waals surface area contributed by atoms with Gasteiger partial charge in [0.2, 0.25) is 0 Å². The number of hydrogen-bond donors (Lipinski definition) is 0. The van der Waals surface area contributed by atoms with Crippen LogP contribution < -0.4 is 4.74 Å². The Labute approximate surface area is 103 Å². The smallest absolute Gasteiger partial charge is 0.308 e. The van der Waals surface area contributed by atoms with Crippen LogP contribution in [0.2, 0.25) is 0 Å². The maximum absolute atomic E-state index is 10.9. The molecule has 1 aromatic rings. The fourth-order valence-electron chi connectivity index (χ4n) is 1.63. The summed E-state index contributed by atoms with van der Waals surface area (Å²) in [4.78, 5) is 10.9. The van der Waals surface area contributed by atoms with Crippen LogP contribution in [-0.4, -0.2) is 5.97 Å². The first-order valence-electron chi connectivity index (χ1n) is 5.84. The molecular formula is C15H18O2. The monoisotopic (exact) mass is 230 g/mol. The molecule has 0 spiro atoms. The lowest BCUT2D eigenvalue weighted by Gasteiger charge is -2.07. The molecule has 0 heterocycles. The quantitative estimate of drug-likeness (QED) is 0.322. The zero-order chi connectivity index (χ0) is 12.5. The Morgan fingerprint density at radius 2 is 2.18 bits per heavy atom. The summed E-state index contributed by atoms with van der Waals surface area (Å²) >= 11 is 0. The molecule has 0 aromatic heterocycles. The Bertz CT molecular complexity index is 415. The number of carbonyl (C=O) groups is 1. The fourth-order valence-corrected chi connectivity index (χ4v) is 1.63. The Hall–Kier alpha value is -1.79. The average Bonchev–Trinajstić information content (AvgIpc) is 2.30. The van der Waals surface area contributed by atoms with E-state index < -0.39 is 0 Å². The Morgan fingerprint density at radius 3 is 2.88 bits per heavy atom. The molecule has 0 saturated carbocycles. The highest BCUT2D eigenvalue weighted by atomic mass is 16.5. The summed E-state index contributed by atoms with van der Waals surface area (Å²) in [6.07, 6.45) is 6.03. The molecule has 0 unspecified atom stereocenters. The summed E-state index contributed by atoms with van der Waals surface area (Å²) in [5.41, 5.74) is 3.85.